The molecule has 0 saturated heterocycles. The molecule has 3 heteroatoms. The predicted octanol–water partition coefficient (Wildman–Crippen LogP) is 6.91. The molecule has 0 aliphatic heterocycles. The van der Waals surface area contributed by atoms with Gasteiger partial charge in [0.05, 0.1) is 0 Å². The molecule has 124 valence electrons. The molecule has 1 aliphatic rings. The molecule has 0 radical (unpaired) electrons. The lowest BCUT2D eigenvalue weighted by Crippen LogP contribution is -1.96. The first kappa shape index (κ1) is 16.4. The predicted molar refractivity (Wildman–Crippen MR) is 108 cm³/mol. The highest BCUT2D eigenvalue weighted by molar-refractivity contribution is 9.10. The molecule has 0 unspecified atom stereocenters. The third-order valence-electron chi connectivity index (χ3n) is 4.39. The van der Waals surface area contributed by atoms with Crippen LogP contribution in [0.25, 0.3) is 11.3 Å². The molecular weight excluding hydrogens is 396 g/mol. The van der Waals surface area contributed by atoms with Gasteiger partial charge in [-0.05, 0) is 54.4 Å². The van der Waals surface area contributed by atoms with Gasteiger partial charge in [0.1, 0.15) is 11.5 Å². The van der Waals surface area contributed by atoms with E-state index in [-0.39, 0.29) is 0 Å². The van der Waals surface area contributed by atoms with E-state index in [1.165, 1.54) is 22.3 Å². The minimum atomic E-state index is 0.703. The van der Waals surface area contributed by atoms with Crippen LogP contribution in [0.1, 0.15) is 22.3 Å². The van der Waals surface area contributed by atoms with Crippen LogP contribution in [0.5, 0.6) is 5.75 Å². The monoisotopic (exact) mass is 410 g/mol. The summed E-state index contributed by atoms with van der Waals surface area (Å²) < 4.78 is 7.36. The van der Waals surface area contributed by atoms with Gasteiger partial charge in [0, 0.05) is 27.1 Å². The number of rotatable bonds is 3. The van der Waals surface area contributed by atoms with Crippen molar-refractivity contribution < 1.29 is 4.74 Å². The average Bonchev–Trinajstić information content (AvgIpc) is 2.95. The molecule has 1 nitrogen and oxygen atoms in total. The second-order valence-corrected chi connectivity index (χ2v) is 7.56. The zero-order valence-electron chi connectivity index (χ0n) is 13.7. The van der Waals surface area contributed by atoms with Gasteiger partial charge in [-0.15, -0.1) is 0 Å². The van der Waals surface area contributed by atoms with Crippen molar-refractivity contribution in [3.05, 3.63) is 98.5 Å². The minimum absolute atomic E-state index is 0.703. The normalized spacial score (nSPS) is 13.1. The molecule has 0 atom stereocenters. The number of benzene rings is 3. The molecule has 0 heterocycles. The zero-order chi connectivity index (χ0) is 17.4. The Morgan fingerprint density at radius 2 is 1.64 bits per heavy atom. The molecule has 25 heavy (non-hydrogen) atoms. The lowest BCUT2D eigenvalue weighted by Gasteiger charge is -2.12. The fourth-order valence-corrected chi connectivity index (χ4v) is 3.56. The molecule has 3 aromatic carbocycles. The van der Waals surface area contributed by atoms with Crippen molar-refractivity contribution in [1.82, 2.24) is 0 Å². The standard InChI is InChI=1S/C22H16BrClO/c1-14-2-4-15(5-3-14)20-12-16-6-7-17(23)13-21(16)22(20)25-19-10-8-18(24)9-11-19/h2-11,13H,12H2,1H3. The van der Waals surface area contributed by atoms with Crippen LogP contribution in [0.15, 0.2) is 71.2 Å². The smallest absolute Gasteiger partial charge is 0.139 e. The Morgan fingerprint density at radius 1 is 0.920 bits per heavy atom. The van der Waals surface area contributed by atoms with Crippen LogP contribution in [0.2, 0.25) is 5.02 Å². The molecule has 0 saturated carbocycles. The SMILES string of the molecule is Cc1ccc(C2=C(Oc3ccc(Cl)cc3)c3cc(Br)ccc3C2)cc1. The summed E-state index contributed by atoms with van der Waals surface area (Å²) in [5.74, 6) is 1.71. The second kappa shape index (κ2) is 6.70. The van der Waals surface area contributed by atoms with Crippen molar-refractivity contribution in [3.63, 3.8) is 0 Å². The summed E-state index contributed by atoms with van der Waals surface area (Å²) in [7, 11) is 0. The van der Waals surface area contributed by atoms with Gasteiger partial charge < -0.3 is 4.74 Å². The van der Waals surface area contributed by atoms with E-state index < -0.39 is 0 Å². The van der Waals surface area contributed by atoms with E-state index in [1.54, 1.807) is 0 Å². The lowest BCUT2D eigenvalue weighted by atomic mass is 10.0. The van der Waals surface area contributed by atoms with Crippen molar-refractivity contribution in [3.8, 4) is 5.75 Å². The summed E-state index contributed by atoms with van der Waals surface area (Å²) in [4.78, 5) is 0. The number of hydrogen-bond acceptors (Lipinski definition) is 1. The van der Waals surface area contributed by atoms with Crippen LogP contribution in [-0.4, -0.2) is 0 Å². The number of hydrogen-bond donors (Lipinski definition) is 0. The number of aryl methyl sites for hydroxylation is 1. The summed E-state index contributed by atoms with van der Waals surface area (Å²) in [6.45, 7) is 2.10. The maximum Gasteiger partial charge on any atom is 0.139 e. The third kappa shape index (κ3) is 3.37. The Bertz CT molecular complexity index is 956. The van der Waals surface area contributed by atoms with Gasteiger partial charge in [-0.1, -0.05) is 63.4 Å². The Labute approximate surface area is 161 Å². The van der Waals surface area contributed by atoms with Gasteiger partial charge in [0.25, 0.3) is 0 Å². The number of ether oxygens (including phenoxy) is 1. The number of allylic oxidation sites excluding steroid dienone is 1. The number of fused-ring (bicyclic) bond motifs is 1. The van der Waals surface area contributed by atoms with Gasteiger partial charge >= 0.3 is 0 Å². The first-order valence-corrected chi connectivity index (χ1v) is 9.30. The van der Waals surface area contributed by atoms with Crippen LogP contribution < -0.4 is 4.74 Å². The summed E-state index contributed by atoms with van der Waals surface area (Å²) in [5, 5.41) is 0.703. The van der Waals surface area contributed by atoms with E-state index in [2.05, 4.69) is 65.3 Å². The molecule has 4 rings (SSSR count). The second-order valence-electron chi connectivity index (χ2n) is 6.21. The first-order valence-electron chi connectivity index (χ1n) is 8.12. The molecule has 3 aromatic rings. The molecular formula is C22H16BrClO. The highest BCUT2D eigenvalue weighted by atomic mass is 79.9. The van der Waals surface area contributed by atoms with Crippen LogP contribution in [0.3, 0.4) is 0 Å². The largest absolute Gasteiger partial charge is 0.456 e. The van der Waals surface area contributed by atoms with Crippen LogP contribution in [-0.2, 0) is 6.42 Å². The van der Waals surface area contributed by atoms with Gasteiger partial charge in [-0.25, -0.2) is 0 Å². The molecule has 0 fully saturated rings. The fourth-order valence-electron chi connectivity index (χ4n) is 3.07. The Morgan fingerprint density at radius 3 is 2.36 bits per heavy atom. The van der Waals surface area contributed by atoms with Crippen LogP contribution in [0, 0.1) is 6.92 Å². The summed E-state index contributed by atoms with van der Waals surface area (Å²) in [6, 6.07) is 22.5. The molecule has 0 N–H and O–H groups in total. The van der Waals surface area contributed by atoms with E-state index in [9.17, 15) is 0 Å². The molecule has 1 aliphatic carbocycles. The maximum absolute atomic E-state index is 6.31. The van der Waals surface area contributed by atoms with E-state index in [0.717, 1.165) is 28.0 Å². The lowest BCUT2D eigenvalue weighted by molar-refractivity contribution is 0.518. The van der Waals surface area contributed by atoms with Crippen molar-refractivity contribution in [2.24, 2.45) is 0 Å². The summed E-state index contributed by atoms with van der Waals surface area (Å²) in [6.07, 6.45) is 0.870. The van der Waals surface area contributed by atoms with Gasteiger partial charge in [0.15, 0.2) is 0 Å². The topological polar surface area (TPSA) is 9.23 Å². The highest BCUT2D eigenvalue weighted by Crippen LogP contribution is 2.40. The Kier molecular flexibility index (Phi) is 4.41. The minimum Gasteiger partial charge on any atom is -0.456 e. The first-order chi connectivity index (χ1) is 12.1. The Hall–Kier alpha value is -2.03. The highest BCUT2D eigenvalue weighted by Gasteiger charge is 2.25. The zero-order valence-corrected chi connectivity index (χ0v) is 16.1. The molecule has 0 bridgehead atoms. The maximum atomic E-state index is 6.31. The summed E-state index contributed by atoms with van der Waals surface area (Å²) in [5.41, 5.74) is 6.08. The van der Waals surface area contributed by atoms with E-state index in [4.69, 9.17) is 16.3 Å². The summed E-state index contributed by atoms with van der Waals surface area (Å²) >= 11 is 9.57. The molecule has 0 spiro atoms. The fraction of sp³-hybridized carbons (Fsp3) is 0.0909. The van der Waals surface area contributed by atoms with Crippen molar-refractivity contribution in [2.75, 3.05) is 0 Å². The molecule has 0 aromatic heterocycles. The third-order valence-corrected chi connectivity index (χ3v) is 5.14. The van der Waals surface area contributed by atoms with Gasteiger partial charge in [-0.2, -0.15) is 0 Å². The van der Waals surface area contributed by atoms with Crippen LogP contribution in [0.4, 0.5) is 0 Å². The van der Waals surface area contributed by atoms with Gasteiger partial charge in [0.2, 0.25) is 0 Å². The van der Waals surface area contributed by atoms with Crippen LogP contribution >= 0.6 is 27.5 Å². The molecule has 0 amide bonds. The van der Waals surface area contributed by atoms with E-state index in [0.29, 0.717) is 5.02 Å². The van der Waals surface area contributed by atoms with E-state index in [1.807, 2.05) is 24.3 Å². The van der Waals surface area contributed by atoms with Crippen molar-refractivity contribution >= 4 is 38.9 Å². The average molecular weight is 412 g/mol. The van der Waals surface area contributed by atoms with Crippen molar-refractivity contribution in [1.29, 1.82) is 0 Å². The quantitative estimate of drug-likeness (QED) is 0.455. The number of halogens is 2. The Balaban J connectivity index is 1.82. The van der Waals surface area contributed by atoms with Gasteiger partial charge in [-0.3, -0.25) is 0 Å². The van der Waals surface area contributed by atoms with E-state index >= 15 is 0 Å². The van der Waals surface area contributed by atoms with Crippen molar-refractivity contribution in [2.45, 2.75) is 13.3 Å².